The van der Waals surface area contributed by atoms with Crippen molar-refractivity contribution in [3.05, 3.63) is 11.6 Å². The van der Waals surface area contributed by atoms with Crippen LogP contribution in [0.15, 0.2) is 0 Å². The number of hydrogen-bond donors (Lipinski definition) is 1. The fourth-order valence-corrected chi connectivity index (χ4v) is 1.14. The van der Waals surface area contributed by atoms with Crippen molar-refractivity contribution in [2.24, 2.45) is 0 Å². The molecule has 5 nitrogen and oxygen atoms in total. The first-order chi connectivity index (χ1) is 6.60. The molecule has 0 aliphatic carbocycles. The van der Waals surface area contributed by atoms with Gasteiger partial charge in [-0.1, -0.05) is 0 Å². The van der Waals surface area contributed by atoms with Gasteiger partial charge in [0.2, 0.25) is 0 Å². The first-order valence-electron chi connectivity index (χ1n) is 4.53. The summed E-state index contributed by atoms with van der Waals surface area (Å²) in [6, 6.07) is 2.01. The van der Waals surface area contributed by atoms with Crippen molar-refractivity contribution in [2.75, 3.05) is 6.61 Å². The van der Waals surface area contributed by atoms with Gasteiger partial charge >= 0.3 is 0 Å². The van der Waals surface area contributed by atoms with Crippen LogP contribution in [0.2, 0.25) is 0 Å². The minimum atomic E-state index is -0.501. The van der Waals surface area contributed by atoms with Gasteiger partial charge < -0.3 is 4.74 Å². The summed E-state index contributed by atoms with van der Waals surface area (Å²) in [5.41, 5.74) is -0.501. The van der Waals surface area contributed by atoms with Crippen molar-refractivity contribution in [3.63, 3.8) is 0 Å². The topological polar surface area (TPSA) is 74.6 Å². The minimum Gasteiger partial charge on any atom is -0.368 e. The lowest BCUT2D eigenvalue weighted by atomic mass is 10.1. The van der Waals surface area contributed by atoms with Gasteiger partial charge in [-0.3, -0.25) is 5.10 Å². The maximum absolute atomic E-state index is 8.47. The van der Waals surface area contributed by atoms with Crippen molar-refractivity contribution in [3.8, 4) is 6.07 Å². The number of hydrogen-bond acceptors (Lipinski definition) is 4. The van der Waals surface area contributed by atoms with Gasteiger partial charge in [0.25, 0.3) is 0 Å². The largest absolute Gasteiger partial charge is 0.368 e. The molecule has 14 heavy (non-hydrogen) atoms. The average Bonchev–Trinajstić information content (AvgIpc) is 2.54. The van der Waals surface area contributed by atoms with Crippen molar-refractivity contribution in [1.29, 1.82) is 5.26 Å². The maximum atomic E-state index is 8.47. The number of aromatic amines is 1. The van der Waals surface area contributed by atoms with E-state index in [1.54, 1.807) is 0 Å². The second-order valence-corrected chi connectivity index (χ2v) is 3.38. The molecule has 1 heterocycles. The molecule has 0 aliphatic rings. The normalized spacial score (nSPS) is 11.3. The summed E-state index contributed by atoms with van der Waals surface area (Å²) in [5, 5.41) is 15.2. The maximum Gasteiger partial charge on any atom is 0.181 e. The molecule has 0 aliphatic heterocycles. The standard InChI is InChI=1S/C9H14N4O/c1-4-14-9(2,3)8-11-7(5-6-10)12-13-8/h4-5H2,1-3H3,(H,11,12,13). The van der Waals surface area contributed by atoms with Crippen molar-refractivity contribution in [1.82, 2.24) is 15.2 Å². The lowest BCUT2D eigenvalue weighted by Crippen LogP contribution is -2.23. The molecule has 0 saturated heterocycles. The highest BCUT2D eigenvalue weighted by Crippen LogP contribution is 2.20. The molecule has 0 aromatic carbocycles. The molecule has 0 amide bonds. The van der Waals surface area contributed by atoms with E-state index in [1.165, 1.54) is 0 Å². The van der Waals surface area contributed by atoms with Crippen LogP contribution in [0.1, 0.15) is 32.4 Å². The van der Waals surface area contributed by atoms with E-state index in [0.717, 1.165) is 0 Å². The van der Waals surface area contributed by atoms with Gasteiger partial charge in [-0.05, 0) is 20.8 Å². The Morgan fingerprint density at radius 3 is 2.86 bits per heavy atom. The predicted molar refractivity (Wildman–Crippen MR) is 50.4 cm³/mol. The van der Waals surface area contributed by atoms with Crippen LogP contribution in [-0.2, 0) is 16.8 Å². The molecule has 76 valence electrons. The molecule has 1 aromatic heterocycles. The van der Waals surface area contributed by atoms with Crippen LogP contribution in [0, 0.1) is 11.3 Å². The number of ether oxygens (including phenoxy) is 1. The zero-order chi connectivity index (χ0) is 10.6. The summed E-state index contributed by atoms with van der Waals surface area (Å²) in [6.45, 7) is 6.32. The van der Waals surface area contributed by atoms with E-state index in [4.69, 9.17) is 10.00 Å². The molecular weight excluding hydrogens is 180 g/mol. The summed E-state index contributed by atoms with van der Waals surface area (Å²) < 4.78 is 5.48. The average molecular weight is 194 g/mol. The zero-order valence-electron chi connectivity index (χ0n) is 8.66. The summed E-state index contributed by atoms with van der Waals surface area (Å²) in [7, 11) is 0. The zero-order valence-corrected chi connectivity index (χ0v) is 8.66. The van der Waals surface area contributed by atoms with Gasteiger partial charge in [0.05, 0.1) is 12.5 Å². The molecule has 0 spiro atoms. The smallest absolute Gasteiger partial charge is 0.181 e. The third kappa shape index (κ3) is 2.30. The molecule has 0 unspecified atom stereocenters. The molecule has 0 saturated carbocycles. The number of H-pyrrole nitrogens is 1. The summed E-state index contributed by atoms with van der Waals surface area (Å²) in [4.78, 5) is 4.18. The van der Waals surface area contributed by atoms with E-state index < -0.39 is 5.60 Å². The molecule has 0 fully saturated rings. The quantitative estimate of drug-likeness (QED) is 0.780. The third-order valence-electron chi connectivity index (χ3n) is 1.82. The van der Waals surface area contributed by atoms with Gasteiger partial charge in [0.15, 0.2) is 5.82 Å². The number of nitriles is 1. The van der Waals surface area contributed by atoms with E-state index in [1.807, 2.05) is 26.8 Å². The Hall–Kier alpha value is -1.41. The molecule has 1 rings (SSSR count). The molecule has 1 N–H and O–H groups in total. The van der Waals surface area contributed by atoms with Crippen molar-refractivity contribution < 1.29 is 4.74 Å². The Labute approximate surface area is 83.1 Å². The highest BCUT2D eigenvalue weighted by atomic mass is 16.5. The van der Waals surface area contributed by atoms with Gasteiger partial charge in [-0.15, -0.1) is 0 Å². The molecule has 0 bridgehead atoms. The number of nitrogens with one attached hydrogen (secondary N) is 1. The Morgan fingerprint density at radius 2 is 2.29 bits per heavy atom. The van der Waals surface area contributed by atoms with E-state index in [2.05, 4.69) is 15.2 Å². The molecule has 0 radical (unpaired) electrons. The van der Waals surface area contributed by atoms with Crippen LogP contribution in [0.4, 0.5) is 0 Å². The van der Waals surface area contributed by atoms with Crippen LogP contribution < -0.4 is 0 Å². The third-order valence-corrected chi connectivity index (χ3v) is 1.82. The van der Waals surface area contributed by atoms with Crippen LogP contribution >= 0.6 is 0 Å². The summed E-state index contributed by atoms with van der Waals surface area (Å²) >= 11 is 0. The molecular formula is C9H14N4O. The minimum absolute atomic E-state index is 0.245. The van der Waals surface area contributed by atoms with Crippen molar-refractivity contribution >= 4 is 0 Å². The Balaban J connectivity index is 2.80. The number of nitrogens with zero attached hydrogens (tertiary/aromatic N) is 3. The fraction of sp³-hybridized carbons (Fsp3) is 0.667. The van der Waals surface area contributed by atoms with Gasteiger partial charge in [-0.25, -0.2) is 4.98 Å². The van der Waals surface area contributed by atoms with Gasteiger partial charge in [0, 0.05) is 6.61 Å². The monoisotopic (exact) mass is 194 g/mol. The fourth-order valence-electron chi connectivity index (χ4n) is 1.14. The highest BCUT2D eigenvalue weighted by Gasteiger charge is 2.25. The van der Waals surface area contributed by atoms with E-state index in [9.17, 15) is 0 Å². The van der Waals surface area contributed by atoms with Crippen molar-refractivity contribution in [2.45, 2.75) is 32.8 Å². The lowest BCUT2D eigenvalue weighted by molar-refractivity contribution is -0.0205. The van der Waals surface area contributed by atoms with Gasteiger partial charge in [-0.2, -0.15) is 10.4 Å². The first kappa shape index (κ1) is 10.7. The summed E-state index contributed by atoms with van der Waals surface area (Å²) in [6.07, 6.45) is 0.245. The van der Waals surface area contributed by atoms with Gasteiger partial charge in [0.1, 0.15) is 11.4 Å². The van der Waals surface area contributed by atoms with E-state index >= 15 is 0 Å². The Morgan fingerprint density at radius 1 is 1.57 bits per heavy atom. The van der Waals surface area contributed by atoms with E-state index in [-0.39, 0.29) is 6.42 Å². The summed E-state index contributed by atoms with van der Waals surface area (Å²) in [5.74, 6) is 1.17. The van der Waals surface area contributed by atoms with Crippen LogP contribution in [-0.4, -0.2) is 21.8 Å². The Bertz CT molecular complexity index is 337. The molecule has 5 heteroatoms. The number of aromatic nitrogens is 3. The Kier molecular flexibility index (Phi) is 3.20. The SMILES string of the molecule is CCOC(C)(C)c1n[nH]c(CC#N)n1. The van der Waals surface area contributed by atoms with E-state index in [0.29, 0.717) is 18.3 Å². The van der Waals surface area contributed by atoms with Crippen LogP contribution in [0.5, 0.6) is 0 Å². The molecule has 1 aromatic rings. The lowest BCUT2D eigenvalue weighted by Gasteiger charge is -2.20. The first-order valence-corrected chi connectivity index (χ1v) is 4.53. The van der Waals surface area contributed by atoms with Crippen LogP contribution in [0.25, 0.3) is 0 Å². The molecule has 0 atom stereocenters. The number of rotatable bonds is 4. The second kappa shape index (κ2) is 4.20. The highest BCUT2D eigenvalue weighted by molar-refractivity contribution is 5.02. The second-order valence-electron chi connectivity index (χ2n) is 3.38. The van der Waals surface area contributed by atoms with Crippen LogP contribution in [0.3, 0.4) is 0 Å². The predicted octanol–water partition coefficient (Wildman–Crippen LogP) is 1.14.